The van der Waals surface area contributed by atoms with Gasteiger partial charge in [0.1, 0.15) is 6.26 Å². The number of nitrogens with zero attached hydrogens (tertiary/aromatic N) is 1. The Hall–Kier alpha value is -0.790. The maximum Gasteiger partial charge on any atom is 0.193 e. The van der Waals surface area contributed by atoms with E-state index < -0.39 is 0 Å². The zero-order valence-electron chi connectivity index (χ0n) is 9.17. The first-order chi connectivity index (χ1) is 6.93. The maximum absolute atomic E-state index is 5.17. The van der Waals surface area contributed by atoms with Gasteiger partial charge in [-0.05, 0) is 6.42 Å². The van der Waals surface area contributed by atoms with Gasteiger partial charge in [0.15, 0.2) is 5.89 Å². The molecule has 0 spiro atoms. The molecule has 0 aliphatic heterocycles. The van der Waals surface area contributed by atoms with Crippen molar-refractivity contribution in [3.8, 4) is 0 Å². The minimum atomic E-state index is 0.888. The van der Waals surface area contributed by atoms with E-state index in [0.717, 1.165) is 12.3 Å². The van der Waals surface area contributed by atoms with E-state index in [2.05, 4.69) is 11.9 Å². The second kappa shape index (κ2) is 7.60. The molecule has 0 unspecified atom stereocenters. The van der Waals surface area contributed by atoms with Crippen LogP contribution in [0, 0.1) is 0 Å². The Morgan fingerprint density at radius 2 is 1.79 bits per heavy atom. The van der Waals surface area contributed by atoms with Crippen LogP contribution in [0.3, 0.4) is 0 Å². The summed E-state index contributed by atoms with van der Waals surface area (Å²) in [5.74, 6) is 0.888. The molecule has 0 amide bonds. The third-order valence-corrected chi connectivity index (χ3v) is 2.48. The van der Waals surface area contributed by atoms with Gasteiger partial charge in [0.2, 0.25) is 0 Å². The van der Waals surface area contributed by atoms with Crippen molar-refractivity contribution in [1.29, 1.82) is 0 Å². The highest BCUT2D eigenvalue weighted by Gasteiger charge is 1.96. The van der Waals surface area contributed by atoms with Crippen LogP contribution in [-0.4, -0.2) is 4.98 Å². The van der Waals surface area contributed by atoms with Crippen LogP contribution in [0.15, 0.2) is 16.9 Å². The van der Waals surface area contributed by atoms with E-state index in [-0.39, 0.29) is 0 Å². The molecule has 0 aliphatic carbocycles. The quantitative estimate of drug-likeness (QED) is 0.587. The molecule has 1 rings (SSSR count). The van der Waals surface area contributed by atoms with E-state index in [9.17, 15) is 0 Å². The van der Waals surface area contributed by atoms with Gasteiger partial charge < -0.3 is 4.42 Å². The van der Waals surface area contributed by atoms with Gasteiger partial charge in [-0.15, -0.1) is 0 Å². The molecule has 1 aromatic rings. The van der Waals surface area contributed by atoms with Crippen molar-refractivity contribution in [3.05, 3.63) is 18.4 Å². The Balaban J connectivity index is 1.85. The lowest BCUT2D eigenvalue weighted by Gasteiger charge is -1.99. The van der Waals surface area contributed by atoms with Gasteiger partial charge >= 0.3 is 0 Å². The van der Waals surface area contributed by atoms with Crippen molar-refractivity contribution in [2.24, 2.45) is 0 Å². The third-order valence-electron chi connectivity index (χ3n) is 2.48. The van der Waals surface area contributed by atoms with Gasteiger partial charge in [-0.25, -0.2) is 4.98 Å². The second-order valence-corrected chi connectivity index (χ2v) is 3.80. The predicted octanol–water partition coefficient (Wildman–Crippen LogP) is 3.97. The van der Waals surface area contributed by atoms with E-state index >= 15 is 0 Å². The summed E-state index contributed by atoms with van der Waals surface area (Å²) in [4.78, 5) is 4.10. The summed E-state index contributed by atoms with van der Waals surface area (Å²) in [5, 5.41) is 0. The average molecular weight is 195 g/mol. The van der Waals surface area contributed by atoms with E-state index in [1.54, 1.807) is 12.5 Å². The molecule has 0 aromatic carbocycles. The van der Waals surface area contributed by atoms with Crippen molar-refractivity contribution >= 4 is 0 Å². The Morgan fingerprint density at radius 1 is 1.07 bits per heavy atom. The standard InChI is InChI=1S/C12H21NO/c1-2-3-4-5-6-7-8-9-12-13-10-11-14-12/h10-11H,2-9H2,1H3. The van der Waals surface area contributed by atoms with Crippen molar-refractivity contribution < 1.29 is 4.42 Å². The minimum Gasteiger partial charge on any atom is -0.449 e. The molecule has 0 saturated carbocycles. The van der Waals surface area contributed by atoms with Crippen LogP contribution in [0.25, 0.3) is 0 Å². The zero-order valence-corrected chi connectivity index (χ0v) is 9.17. The smallest absolute Gasteiger partial charge is 0.193 e. The summed E-state index contributed by atoms with van der Waals surface area (Å²) in [6.45, 7) is 2.25. The Bertz CT molecular complexity index is 206. The van der Waals surface area contributed by atoms with Crippen LogP contribution in [0.5, 0.6) is 0 Å². The zero-order chi connectivity index (χ0) is 10.1. The molecular formula is C12H21NO. The number of oxazole rings is 1. The summed E-state index contributed by atoms with van der Waals surface area (Å²) in [7, 11) is 0. The molecule has 80 valence electrons. The summed E-state index contributed by atoms with van der Waals surface area (Å²) in [6, 6.07) is 0. The molecule has 1 aromatic heterocycles. The molecule has 0 atom stereocenters. The van der Waals surface area contributed by atoms with Crippen LogP contribution in [0.2, 0.25) is 0 Å². The summed E-state index contributed by atoms with van der Waals surface area (Å²) in [6.07, 6.45) is 13.8. The van der Waals surface area contributed by atoms with Crippen LogP contribution in [0.4, 0.5) is 0 Å². The summed E-state index contributed by atoms with van der Waals surface area (Å²) < 4.78 is 5.17. The molecule has 0 fully saturated rings. The Morgan fingerprint density at radius 3 is 2.43 bits per heavy atom. The van der Waals surface area contributed by atoms with Gasteiger partial charge in [0, 0.05) is 6.42 Å². The van der Waals surface area contributed by atoms with Crippen LogP contribution in [0.1, 0.15) is 57.8 Å². The van der Waals surface area contributed by atoms with E-state index in [4.69, 9.17) is 4.42 Å². The fourth-order valence-corrected chi connectivity index (χ4v) is 1.61. The van der Waals surface area contributed by atoms with Gasteiger partial charge in [-0.1, -0.05) is 45.4 Å². The van der Waals surface area contributed by atoms with Crippen molar-refractivity contribution in [2.75, 3.05) is 0 Å². The monoisotopic (exact) mass is 195 g/mol. The topological polar surface area (TPSA) is 26.0 Å². The lowest BCUT2D eigenvalue weighted by Crippen LogP contribution is -1.85. The first-order valence-corrected chi connectivity index (χ1v) is 5.82. The first-order valence-electron chi connectivity index (χ1n) is 5.82. The molecule has 0 saturated heterocycles. The van der Waals surface area contributed by atoms with Crippen LogP contribution in [-0.2, 0) is 6.42 Å². The van der Waals surface area contributed by atoms with Crippen molar-refractivity contribution in [3.63, 3.8) is 0 Å². The Kier molecular flexibility index (Phi) is 6.13. The van der Waals surface area contributed by atoms with Crippen LogP contribution >= 0.6 is 0 Å². The maximum atomic E-state index is 5.17. The highest BCUT2D eigenvalue weighted by atomic mass is 16.3. The van der Waals surface area contributed by atoms with Gasteiger partial charge in [0.25, 0.3) is 0 Å². The van der Waals surface area contributed by atoms with E-state index in [0.29, 0.717) is 0 Å². The second-order valence-electron chi connectivity index (χ2n) is 3.80. The number of hydrogen-bond donors (Lipinski definition) is 0. The molecule has 2 nitrogen and oxygen atoms in total. The lowest BCUT2D eigenvalue weighted by atomic mass is 10.1. The molecular weight excluding hydrogens is 174 g/mol. The molecule has 0 N–H and O–H groups in total. The minimum absolute atomic E-state index is 0.888. The van der Waals surface area contributed by atoms with Gasteiger partial charge in [0.05, 0.1) is 6.20 Å². The highest BCUT2D eigenvalue weighted by Crippen LogP contribution is 2.09. The van der Waals surface area contributed by atoms with E-state index in [1.807, 2.05) is 0 Å². The van der Waals surface area contributed by atoms with Crippen molar-refractivity contribution in [1.82, 2.24) is 4.98 Å². The molecule has 0 aliphatic rings. The molecule has 0 radical (unpaired) electrons. The lowest BCUT2D eigenvalue weighted by molar-refractivity contribution is 0.477. The normalized spacial score (nSPS) is 10.6. The first kappa shape index (κ1) is 11.3. The molecule has 0 bridgehead atoms. The number of rotatable bonds is 8. The largest absolute Gasteiger partial charge is 0.449 e. The van der Waals surface area contributed by atoms with Crippen LogP contribution < -0.4 is 0 Å². The third kappa shape index (κ3) is 5.05. The molecule has 1 heterocycles. The fourth-order valence-electron chi connectivity index (χ4n) is 1.61. The summed E-state index contributed by atoms with van der Waals surface area (Å²) in [5.41, 5.74) is 0. The number of unbranched alkanes of at least 4 members (excludes halogenated alkanes) is 6. The van der Waals surface area contributed by atoms with Gasteiger partial charge in [-0.2, -0.15) is 0 Å². The predicted molar refractivity (Wildman–Crippen MR) is 58.2 cm³/mol. The van der Waals surface area contributed by atoms with E-state index in [1.165, 1.54) is 44.9 Å². The fraction of sp³-hybridized carbons (Fsp3) is 0.750. The average Bonchev–Trinajstić information content (AvgIpc) is 2.69. The van der Waals surface area contributed by atoms with Gasteiger partial charge in [-0.3, -0.25) is 0 Å². The SMILES string of the molecule is CCCCCCCCCc1ncco1. The molecule has 2 heteroatoms. The molecule has 14 heavy (non-hydrogen) atoms. The number of aryl methyl sites for hydroxylation is 1. The number of aromatic nitrogens is 1. The summed E-state index contributed by atoms with van der Waals surface area (Å²) >= 11 is 0. The number of hydrogen-bond acceptors (Lipinski definition) is 2. The Labute approximate surface area is 86.7 Å². The highest BCUT2D eigenvalue weighted by molar-refractivity contribution is 4.79. The van der Waals surface area contributed by atoms with Crippen molar-refractivity contribution in [2.45, 2.75) is 58.3 Å².